The van der Waals surface area contributed by atoms with Crippen LogP contribution in [0.2, 0.25) is 0 Å². The van der Waals surface area contributed by atoms with Crippen LogP contribution in [0.4, 0.5) is 0 Å². The summed E-state index contributed by atoms with van der Waals surface area (Å²) < 4.78 is 0. The van der Waals surface area contributed by atoms with Crippen molar-refractivity contribution in [3.63, 3.8) is 0 Å². The Morgan fingerprint density at radius 3 is 1.39 bits per heavy atom. The van der Waals surface area contributed by atoms with Gasteiger partial charge in [-0.2, -0.15) is 0 Å². The molecule has 0 bridgehead atoms. The molecule has 3 atom stereocenters. The summed E-state index contributed by atoms with van der Waals surface area (Å²) in [4.78, 5) is 71.5. The number of carboxylic acids is 2. The average Bonchev–Trinajstić information content (AvgIpc) is 3.00. The molecule has 12 nitrogen and oxygen atoms in total. The number of Topliss-reactive ketones (excluding diaryl/α,β-unsaturated/α-hetero) is 1. The van der Waals surface area contributed by atoms with Gasteiger partial charge in [-0.05, 0) is 52.5 Å². The van der Waals surface area contributed by atoms with Crippen molar-refractivity contribution < 1.29 is 39.0 Å². The van der Waals surface area contributed by atoms with Crippen LogP contribution in [0.1, 0.15) is 149 Å². The van der Waals surface area contributed by atoms with E-state index in [-0.39, 0.29) is 55.7 Å². The summed E-state index contributed by atoms with van der Waals surface area (Å²) in [6.07, 6.45) is 16.9. The Labute approximate surface area is 276 Å². The number of carbonyl (C=O) groups excluding carboxylic acids is 4. The summed E-state index contributed by atoms with van der Waals surface area (Å²) in [5.41, 5.74) is 0. The first kappa shape index (κ1) is 43.0. The summed E-state index contributed by atoms with van der Waals surface area (Å²) in [6.45, 7) is 4.13. The number of nitrogens with one attached hydrogen (secondary N) is 4. The summed E-state index contributed by atoms with van der Waals surface area (Å²) in [6, 6.07) is -2.78. The molecule has 0 unspecified atom stereocenters. The third-order valence-electron chi connectivity index (χ3n) is 8.18. The Morgan fingerprint density at radius 2 is 0.957 bits per heavy atom. The van der Waals surface area contributed by atoms with Crippen LogP contribution >= 0.6 is 0 Å². The van der Waals surface area contributed by atoms with E-state index in [1.807, 2.05) is 0 Å². The minimum atomic E-state index is -1.31. The molecule has 0 aromatic rings. The number of carbonyl (C=O) groups is 6. The van der Waals surface area contributed by atoms with Gasteiger partial charge in [0.2, 0.25) is 17.7 Å². The molecular weight excluding hydrogens is 592 g/mol. The lowest BCUT2D eigenvalue weighted by atomic mass is 10.0. The largest absolute Gasteiger partial charge is 0.480 e. The standard InChI is InChI=1S/C34H62N4O8/c1-4-5-6-7-8-9-10-11-12-13-14-15-16-20-31(41)37-29(34(45)46)22-24-32(42)38-28(33(43)44)21-23-30(40)36-25-18-17-19-27(35-3)26(2)39/h27-29,35H,4-25H2,1-3H3,(H,36,40)(H,37,41)(H,38,42)(H,43,44)(H,45,46)/t27-,28-,29-/m1/s1. The number of hydrogen-bond donors (Lipinski definition) is 6. The van der Waals surface area contributed by atoms with Gasteiger partial charge in [-0.1, -0.05) is 84.0 Å². The molecule has 0 fully saturated rings. The highest BCUT2D eigenvalue weighted by Gasteiger charge is 2.24. The zero-order valence-corrected chi connectivity index (χ0v) is 28.6. The van der Waals surface area contributed by atoms with Gasteiger partial charge in [0.25, 0.3) is 0 Å². The summed E-state index contributed by atoms with van der Waals surface area (Å²) >= 11 is 0. The third-order valence-corrected chi connectivity index (χ3v) is 8.18. The van der Waals surface area contributed by atoms with Crippen molar-refractivity contribution >= 4 is 35.4 Å². The number of hydrogen-bond acceptors (Lipinski definition) is 7. The number of likely N-dealkylation sites (N-methyl/N-ethyl adjacent to an activating group) is 1. The second-order valence-corrected chi connectivity index (χ2v) is 12.3. The van der Waals surface area contributed by atoms with E-state index >= 15 is 0 Å². The Bertz CT molecular complexity index is 898. The summed E-state index contributed by atoms with van der Waals surface area (Å²) in [7, 11) is 1.72. The highest BCUT2D eigenvalue weighted by Crippen LogP contribution is 2.13. The molecule has 0 aromatic heterocycles. The van der Waals surface area contributed by atoms with Crippen LogP contribution in [0.25, 0.3) is 0 Å². The quantitative estimate of drug-likeness (QED) is 0.0579. The lowest BCUT2D eigenvalue weighted by Gasteiger charge is -2.17. The van der Waals surface area contributed by atoms with E-state index in [4.69, 9.17) is 0 Å². The van der Waals surface area contributed by atoms with Crippen LogP contribution in [-0.4, -0.2) is 77.4 Å². The van der Waals surface area contributed by atoms with E-state index in [1.165, 1.54) is 64.7 Å². The average molecular weight is 655 g/mol. The van der Waals surface area contributed by atoms with Crippen molar-refractivity contribution in [1.82, 2.24) is 21.3 Å². The Balaban J connectivity index is 4.20. The SMILES string of the molecule is CCCCCCCCCCCCCCCC(=O)N[C@H](CCC(=O)N[C@H](CCC(=O)NCCCC[C@@H](NC)C(C)=O)C(=O)O)C(=O)O. The normalized spacial score (nSPS) is 12.9. The van der Waals surface area contributed by atoms with Crippen molar-refractivity contribution in [2.45, 2.75) is 167 Å². The van der Waals surface area contributed by atoms with Gasteiger partial charge in [0.05, 0.1) is 6.04 Å². The molecule has 0 aliphatic rings. The summed E-state index contributed by atoms with van der Waals surface area (Å²) in [5.74, 6) is -3.92. The lowest BCUT2D eigenvalue weighted by molar-refractivity contribution is -0.143. The van der Waals surface area contributed by atoms with Gasteiger partial charge in [0, 0.05) is 25.8 Å². The molecule has 3 amide bonds. The van der Waals surface area contributed by atoms with Crippen molar-refractivity contribution in [3.05, 3.63) is 0 Å². The van der Waals surface area contributed by atoms with Gasteiger partial charge in [0.1, 0.15) is 17.9 Å². The maximum Gasteiger partial charge on any atom is 0.326 e. The summed E-state index contributed by atoms with van der Waals surface area (Å²) in [5, 5.41) is 29.4. The zero-order chi connectivity index (χ0) is 34.6. The van der Waals surface area contributed by atoms with E-state index in [9.17, 15) is 39.0 Å². The number of amides is 3. The number of unbranched alkanes of at least 4 members (excludes halogenated alkanes) is 13. The highest BCUT2D eigenvalue weighted by atomic mass is 16.4. The topological polar surface area (TPSA) is 191 Å². The molecule has 0 saturated carbocycles. The Hall–Kier alpha value is -3.02. The number of carboxylic acid groups (broad SMARTS) is 2. The van der Waals surface area contributed by atoms with Crippen LogP contribution < -0.4 is 21.3 Å². The molecule has 0 aliphatic heterocycles. The van der Waals surface area contributed by atoms with Crippen LogP contribution in [0.5, 0.6) is 0 Å². The van der Waals surface area contributed by atoms with E-state index in [0.717, 1.165) is 25.7 Å². The maximum atomic E-state index is 12.4. The van der Waals surface area contributed by atoms with Gasteiger partial charge in [0.15, 0.2) is 0 Å². The second kappa shape index (κ2) is 28.2. The van der Waals surface area contributed by atoms with Crippen LogP contribution in [0.3, 0.4) is 0 Å². The minimum absolute atomic E-state index is 0.0525. The molecule has 46 heavy (non-hydrogen) atoms. The molecule has 0 saturated heterocycles. The van der Waals surface area contributed by atoms with Crippen molar-refractivity contribution in [3.8, 4) is 0 Å². The molecule has 266 valence electrons. The monoisotopic (exact) mass is 654 g/mol. The number of ketones is 1. The van der Waals surface area contributed by atoms with Gasteiger partial charge in [-0.25, -0.2) is 9.59 Å². The smallest absolute Gasteiger partial charge is 0.326 e. The van der Waals surface area contributed by atoms with E-state index in [0.29, 0.717) is 25.8 Å². The van der Waals surface area contributed by atoms with Crippen molar-refractivity contribution in [2.75, 3.05) is 13.6 Å². The minimum Gasteiger partial charge on any atom is -0.480 e. The molecule has 0 heterocycles. The Kier molecular flexibility index (Phi) is 26.4. The van der Waals surface area contributed by atoms with Gasteiger partial charge in [-0.3, -0.25) is 19.2 Å². The lowest BCUT2D eigenvalue weighted by Crippen LogP contribution is -2.44. The molecule has 12 heteroatoms. The van der Waals surface area contributed by atoms with Gasteiger partial charge >= 0.3 is 11.9 Å². The third kappa shape index (κ3) is 24.2. The fourth-order valence-electron chi connectivity index (χ4n) is 5.24. The highest BCUT2D eigenvalue weighted by molar-refractivity contribution is 5.86. The fraction of sp³-hybridized carbons (Fsp3) is 0.824. The van der Waals surface area contributed by atoms with E-state index in [1.54, 1.807) is 7.05 Å². The van der Waals surface area contributed by atoms with Crippen molar-refractivity contribution in [2.24, 2.45) is 0 Å². The first-order valence-corrected chi connectivity index (χ1v) is 17.5. The molecule has 0 rings (SSSR count). The molecule has 0 aliphatic carbocycles. The van der Waals surface area contributed by atoms with Crippen LogP contribution in [0.15, 0.2) is 0 Å². The van der Waals surface area contributed by atoms with Crippen LogP contribution in [0, 0.1) is 0 Å². The molecule has 6 N–H and O–H groups in total. The number of rotatable bonds is 31. The predicted octanol–water partition coefficient (Wildman–Crippen LogP) is 4.63. The molecule has 0 radical (unpaired) electrons. The maximum absolute atomic E-state index is 12.4. The molecule has 0 spiro atoms. The fourth-order valence-corrected chi connectivity index (χ4v) is 5.24. The molecule has 0 aromatic carbocycles. The van der Waals surface area contributed by atoms with Crippen LogP contribution in [-0.2, 0) is 28.8 Å². The zero-order valence-electron chi connectivity index (χ0n) is 28.6. The predicted molar refractivity (Wildman–Crippen MR) is 178 cm³/mol. The first-order chi connectivity index (χ1) is 22.0. The van der Waals surface area contributed by atoms with Gasteiger partial charge < -0.3 is 31.5 Å². The van der Waals surface area contributed by atoms with E-state index < -0.39 is 29.9 Å². The van der Waals surface area contributed by atoms with E-state index in [2.05, 4.69) is 28.2 Å². The number of aliphatic carboxylic acids is 2. The van der Waals surface area contributed by atoms with Gasteiger partial charge in [-0.15, -0.1) is 0 Å². The Morgan fingerprint density at radius 1 is 0.522 bits per heavy atom. The first-order valence-electron chi connectivity index (χ1n) is 17.5. The van der Waals surface area contributed by atoms with Crippen molar-refractivity contribution in [1.29, 1.82) is 0 Å². The molecular formula is C34H62N4O8. The second-order valence-electron chi connectivity index (χ2n) is 12.3.